The van der Waals surface area contributed by atoms with Crippen LogP contribution in [-0.4, -0.2) is 18.6 Å². The Morgan fingerprint density at radius 1 is 1.58 bits per heavy atom. The predicted molar refractivity (Wildman–Crippen MR) is 42.2 cm³/mol. The molecule has 0 N–H and O–H groups in total. The van der Waals surface area contributed by atoms with Gasteiger partial charge in [0, 0.05) is 17.1 Å². The first-order chi connectivity index (χ1) is 5.51. The van der Waals surface area contributed by atoms with E-state index in [1.807, 2.05) is 6.92 Å². The Morgan fingerprint density at radius 3 is 2.67 bits per heavy atom. The zero-order valence-corrected chi connectivity index (χ0v) is 7.89. The molecule has 1 heterocycles. The summed E-state index contributed by atoms with van der Waals surface area (Å²) in [6.45, 7) is 1.83. The number of aromatic nitrogens is 2. The smallest absolute Gasteiger partial charge is 0.240 e. The molecule has 0 saturated heterocycles. The molecule has 0 bridgehead atoms. The van der Waals surface area contributed by atoms with Gasteiger partial charge in [-0.3, -0.25) is 0 Å². The highest BCUT2D eigenvalue weighted by atomic mass is 35.7. The Labute approximate surface area is 74.1 Å². The van der Waals surface area contributed by atoms with Gasteiger partial charge in [-0.05, 0) is 0 Å². The second-order valence-electron chi connectivity index (χ2n) is 2.14. The van der Waals surface area contributed by atoms with Crippen molar-refractivity contribution in [3.05, 3.63) is 11.7 Å². The molecule has 0 saturated carbocycles. The highest BCUT2D eigenvalue weighted by molar-refractivity contribution is 8.13. The SMILES string of the molecule is CCc1nc(CS(=O)(=O)Cl)no1. The Balaban J connectivity index is 2.78. The Morgan fingerprint density at radius 2 is 2.25 bits per heavy atom. The van der Waals surface area contributed by atoms with Crippen molar-refractivity contribution in [2.45, 2.75) is 19.1 Å². The minimum absolute atomic E-state index is 0.0989. The number of nitrogens with zero attached hydrogens (tertiary/aromatic N) is 2. The summed E-state index contributed by atoms with van der Waals surface area (Å²) in [7, 11) is 1.39. The van der Waals surface area contributed by atoms with Gasteiger partial charge in [0.05, 0.1) is 0 Å². The van der Waals surface area contributed by atoms with Crippen LogP contribution in [0.3, 0.4) is 0 Å². The van der Waals surface area contributed by atoms with Crippen LogP contribution in [-0.2, 0) is 21.2 Å². The van der Waals surface area contributed by atoms with E-state index in [4.69, 9.17) is 10.7 Å². The van der Waals surface area contributed by atoms with Crippen LogP contribution < -0.4 is 0 Å². The van der Waals surface area contributed by atoms with Gasteiger partial charge in [0.2, 0.25) is 14.9 Å². The van der Waals surface area contributed by atoms with E-state index in [0.29, 0.717) is 12.3 Å². The van der Waals surface area contributed by atoms with Gasteiger partial charge < -0.3 is 4.52 Å². The summed E-state index contributed by atoms with van der Waals surface area (Å²) in [6, 6.07) is 0. The molecule has 1 rings (SSSR count). The lowest BCUT2D eigenvalue weighted by atomic mass is 10.5. The van der Waals surface area contributed by atoms with Crippen molar-refractivity contribution in [1.82, 2.24) is 10.1 Å². The molecule has 0 aromatic carbocycles. The van der Waals surface area contributed by atoms with Crippen molar-refractivity contribution in [3.63, 3.8) is 0 Å². The second-order valence-corrected chi connectivity index (χ2v) is 4.92. The summed E-state index contributed by atoms with van der Waals surface area (Å²) >= 11 is 0. The molecule has 0 radical (unpaired) electrons. The molecule has 0 atom stereocenters. The average Bonchev–Trinajstić information content (AvgIpc) is 2.32. The minimum atomic E-state index is -3.58. The minimum Gasteiger partial charge on any atom is -0.339 e. The maximum Gasteiger partial charge on any atom is 0.240 e. The normalized spacial score (nSPS) is 11.8. The lowest BCUT2D eigenvalue weighted by Crippen LogP contribution is -1.97. The number of aryl methyl sites for hydroxylation is 1. The third-order valence-electron chi connectivity index (χ3n) is 1.11. The van der Waals surface area contributed by atoms with Crippen LogP contribution in [0.1, 0.15) is 18.6 Å². The van der Waals surface area contributed by atoms with Gasteiger partial charge in [0.15, 0.2) is 5.82 Å². The third-order valence-corrected chi connectivity index (χ3v) is 2.04. The Hall–Kier alpha value is -0.620. The highest BCUT2D eigenvalue weighted by Crippen LogP contribution is 2.06. The van der Waals surface area contributed by atoms with Gasteiger partial charge in [-0.25, -0.2) is 8.42 Å². The molecule has 0 fully saturated rings. The predicted octanol–water partition coefficient (Wildman–Crippen LogP) is 0.701. The van der Waals surface area contributed by atoms with Crippen LogP contribution in [0.4, 0.5) is 0 Å². The van der Waals surface area contributed by atoms with E-state index in [-0.39, 0.29) is 5.82 Å². The molecule has 68 valence electrons. The zero-order chi connectivity index (χ0) is 9.19. The van der Waals surface area contributed by atoms with Gasteiger partial charge >= 0.3 is 0 Å². The second kappa shape index (κ2) is 3.40. The van der Waals surface area contributed by atoms with Crippen LogP contribution in [0, 0.1) is 0 Å². The van der Waals surface area contributed by atoms with Crippen molar-refractivity contribution >= 4 is 19.7 Å². The lowest BCUT2D eigenvalue weighted by Gasteiger charge is -1.85. The van der Waals surface area contributed by atoms with E-state index >= 15 is 0 Å². The summed E-state index contributed by atoms with van der Waals surface area (Å²) in [6.07, 6.45) is 0.579. The topological polar surface area (TPSA) is 73.1 Å². The van der Waals surface area contributed by atoms with E-state index in [2.05, 4.69) is 14.7 Å². The summed E-state index contributed by atoms with van der Waals surface area (Å²) in [5, 5.41) is 3.42. The van der Waals surface area contributed by atoms with E-state index in [0.717, 1.165) is 0 Å². The van der Waals surface area contributed by atoms with Crippen molar-refractivity contribution in [1.29, 1.82) is 0 Å². The molecular weight excluding hydrogens is 204 g/mol. The molecule has 7 heteroatoms. The first-order valence-electron chi connectivity index (χ1n) is 3.25. The molecule has 1 aromatic heterocycles. The van der Waals surface area contributed by atoms with Gasteiger partial charge in [-0.2, -0.15) is 4.98 Å². The van der Waals surface area contributed by atoms with Crippen molar-refractivity contribution < 1.29 is 12.9 Å². The molecule has 0 aliphatic rings. The van der Waals surface area contributed by atoms with E-state index < -0.39 is 14.8 Å². The van der Waals surface area contributed by atoms with Crippen LogP contribution in [0.5, 0.6) is 0 Å². The van der Waals surface area contributed by atoms with Crippen molar-refractivity contribution in [2.75, 3.05) is 0 Å². The first-order valence-corrected chi connectivity index (χ1v) is 5.73. The summed E-state index contributed by atoms with van der Waals surface area (Å²) in [5.41, 5.74) is 0. The molecule has 0 aliphatic heterocycles. The lowest BCUT2D eigenvalue weighted by molar-refractivity contribution is 0.378. The number of halogens is 1. The summed E-state index contributed by atoms with van der Waals surface area (Å²) < 4.78 is 25.8. The van der Waals surface area contributed by atoms with Crippen LogP contribution in [0.25, 0.3) is 0 Å². The Kier molecular flexibility index (Phi) is 2.69. The van der Waals surface area contributed by atoms with Gasteiger partial charge in [0.25, 0.3) is 0 Å². The number of hydrogen-bond donors (Lipinski definition) is 0. The van der Waals surface area contributed by atoms with Gasteiger partial charge in [0.1, 0.15) is 5.75 Å². The van der Waals surface area contributed by atoms with E-state index in [1.54, 1.807) is 0 Å². The molecule has 0 unspecified atom stereocenters. The van der Waals surface area contributed by atoms with Crippen LogP contribution in [0.15, 0.2) is 4.52 Å². The summed E-state index contributed by atoms with van der Waals surface area (Å²) in [4.78, 5) is 3.77. The zero-order valence-electron chi connectivity index (χ0n) is 6.32. The molecular formula is C5H7ClN2O3S. The van der Waals surface area contributed by atoms with Crippen molar-refractivity contribution in [2.24, 2.45) is 0 Å². The fourth-order valence-corrected chi connectivity index (χ4v) is 1.37. The number of rotatable bonds is 3. The maximum absolute atomic E-state index is 10.5. The first kappa shape index (κ1) is 9.47. The molecule has 0 aliphatic carbocycles. The van der Waals surface area contributed by atoms with Crippen LogP contribution >= 0.6 is 10.7 Å². The molecule has 5 nitrogen and oxygen atoms in total. The van der Waals surface area contributed by atoms with E-state index in [1.165, 1.54) is 0 Å². The third kappa shape index (κ3) is 2.78. The summed E-state index contributed by atoms with van der Waals surface area (Å²) in [5.74, 6) is 0.116. The monoisotopic (exact) mass is 210 g/mol. The maximum atomic E-state index is 10.5. The molecule has 0 amide bonds. The quantitative estimate of drug-likeness (QED) is 0.687. The molecule has 12 heavy (non-hydrogen) atoms. The number of hydrogen-bond acceptors (Lipinski definition) is 5. The van der Waals surface area contributed by atoms with E-state index in [9.17, 15) is 8.42 Å². The van der Waals surface area contributed by atoms with Crippen molar-refractivity contribution in [3.8, 4) is 0 Å². The Bertz CT molecular complexity index is 359. The fraction of sp³-hybridized carbons (Fsp3) is 0.600. The standard InChI is InChI=1S/C5H7ClN2O3S/c1-2-5-7-4(8-11-5)3-12(6,9)10/h2-3H2,1H3. The van der Waals surface area contributed by atoms with Crippen LogP contribution in [0.2, 0.25) is 0 Å². The van der Waals surface area contributed by atoms with Gasteiger partial charge in [-0.1, -0.05) is 12.1 Å². The molecule has 1 aromatic rings. The fourth-order valence-electron chi connectivity index (χ4n) is 0.647. The van der Waals surface area contributed by atoms with Gasteiger partial charge in [-0.15, -0.1) is 0 Å². The largest absolute Gasteiger partial charge is 0.339 e. The highest BCUT2D eigenvalue weighted by Gasteiger charge is 2.12. The average molecular weight is 211 g/mol. The molecule has 0 spiro atoms.